The highest BCUT2D eigenvalue weighted by Crippen LogP contribution is 2.20. The van der Waals surface area contributed by atoms with Gasteiger partial charge >= 0.3 is 0 Å². The molecule has 0 aliphatic heterocycles. The molecule has 0 spiro atoms. The number of nitrogens with one attached hydrogen (secondary N) is 2. The second-order valence-corrected chi connectivity index (χ2v) is 4.52. The van der Waals surface area contributed by atoms with Gasteiger partial charge in [0.1, 0.15) is 5.82 Å². The van der Waals surface area contributed by atoms with Crippen molar-refractivity contribution in [2.75, 3.05) is 5.32 Å². The van der Waals surface area contributed by atoms with E-state index in [0.29, 0.717) is 11.5 Å². The van der Waals surface area contributed by atoms with Crippen LogP contribution in [0.4, 0.5) is 5.69 Å². The summed E-state index contributed by atoms with van der Waals surface area (Å²) in [4.78, 5) is 20.0. The smallest absolute Gasteiger partial charge is 0.295 e. The summed E-state index contributed by atoms with van der Waals surface area (Å²) in [6.07, 6.45) is 3.32. The van der Waals surface area contributed by atoms with Crippen LogP contribution in [-0.4, -0.2) is 26.1 Å². The number of nitrogens with zero attached hydrogens (tertiary/aromatic N) is 3. The Morgan fingerprint density at radius 3 is 3.05 bits per heavy atom. The summed E-state index contributed by atoms with van der Waals surface area (Å²) < 4.78 is 0. The number of aryl methyl sites for hydroxylation is 2. The van der Waals surface area contributed by atoms with E-state index in [0.717, 1.165) is 18.4 Å². The molecule has 0 bridgehead atoms. The third kappa shape index (κ3) is 3.29. The average Bonchev–Trinajstić information content (AvgIpc) is 2.83. The van der Waals surface area contributed by atoms with Crippen LogP contribution in [0.15, 0.2) is 12.3 Å². The molecule has 0 radical (unpaired) electrons. The van der Waals surface area contributed by atoms with E-state index in [4.69, 9.17) is 11.6 Å². The minimum absolute atomic E-state index is 0.0982. The Hall–Kier alpha value is -1.95. The zero-order chi connectivity index (χ0) is 13.8. The van der Waals surface area contributed by atoms with E-state index >= 15 is 0 Å². The minimum Gasteiger partial charge on any atom is -0.317 e. The Kier molecular flexibility index (Phi) is 4.11. The van der Waals surface area contributed by atoms with E-state index in [1.165, 1.54) is 0 Å². The Morgan fingerprint density at radius 1 is 1.53 bits per heavy atom. The lowest BCUT2D eigenvalue weighted by Crippen LogP contribution is -2.14. The molecule has 0 atom stereocenters. The number of hydrogen-bond donors (Lipinski definition) is 2. The second kappa shape index (κ2) is 5.79. The van der Waals surface area contributed by atoms with Crippen molar-refractivity contribution in [3.63, 3.8) is 0 Å². The zero-order valence-corrected chi connectivity index (χ0v) is 11.5. The summed E-state index contributed by atoms with van der Waals surface area (Å²) in [5.41, 5.74) is 1.36. The van der Waals surface area contributed by atoms with Gasteiger partial charge in [-0.25, -0.2) is 9.97 Å². The van der Waals surface area contributed by atoms with E-state index in [2.05, 4.69) is 25.5 Å². The molecule has 7 heteroatoms. The van der Waals surface area contributed by atoms with Crippen molar-refractivity contribution >= 4 is 23.2 Å². The Balaban J connectivity index is 2.13. The molecule has 0 fully saturated rings. The van der Waals surface area contributed by atoms with Crippen LogP contribution in [0.1, 0.15) is 35.4 Å². The molecular weight excluding hydrogens is 266 g/mol. The summed E-state index contributed by atoms with van der Waals surface area (Å²) in [7, 11) is 0. The maximum Gasteiger partial charge on any atom is 0.295 e. The fourth-order valence-electron chi connectivity index (χ4n) is 1.56. The molecule has 2 rings (SSSR count). The SMILES string of the molecule is CCCc1nc(C(=O)Nc2cc(C)cnc2Cl)n[nH]1. The molecule has 0 aromatic carbocycles. The number of amides is 1. The molecule has 2 aromatic heterocycles. The molecule has 0 saturated carbocycles. The molecule has 0 aliphatic carbocycles. The number of hydrogen-bond acceptors (Lipinski definition) is 4. The number of rotatable bonds is 4. The number of carbonyl (C=O) groups is 1. The topological polar surface area (TPSA) is 83.6 Å². The maximum absolute atomic E-state index is 12.0. The van der Waals surface area contributed by atoms with Gasteiger partial charge in [0, 0.05) is 12.6 Å². The Labute approximate surface area is 115 Å². The Bertz CT molecular complexity index is 596. The van der Waals surface area contributed by atoms with Crippen LogP contribution in [0.2, 0.25) is 5.15 Å². The molecule has 2 N–H and O–H groups in total. The predicted molar refractivity (Wildman–Crippen MR) is 72.3 cm³/mol. The van der Waals surface area contributed by atoms with Gasteiger partial charge in [-0.15, -0.1) is 5.10 Å². The summed E-state index contributed by atoms with van der Waals surface area (Å²) >= 11 is 5.91. The summed E-state index contributed by atoms with van der Waals surface area (Å²) in [6, 6.07) is 1.74. The first-order chi connectivity index (χ1) is 9.10. The molecule has 0 saturated heterocycles. The first-order valence-corrected chi connectivity index (χ1v) is 6.32. The minimum atomic E-state index is -0.409. The normalized spacial score (nSPS) is 10.5. The van der Waals surface area contributed by atoms with Crippen molar-refractivity contribution in [2.24, 2.45) is 0 Å². The van der Waals surface area contributed by atoms with Crippen LogP contribution in [0.3, 0.4) is 0 Å². The molecular formula is C12H14ClN5O. The van der Waals surface area contributed by atoms with Crippen LogP contribution in [-0.2, 0) is 6.42 Å². The van der Waals surface area contributed by atoms with E-state index in [-0.39, 0.29) is 11.0 Å². The lowest BCUT2D eigenvalue weighted by Gasteiger charge is -2.05. The number of halogens is 1. The third-order valence-electron chi connectivity index (χ3n) is 2.45. The second-order valence-electron chi connectivity index (χ2n) is 4.16. The average molecular weight is 280 g/mol. The maximum atomic E-state index is 12.0. The number of H-pyrrole nitrogens is 1. The quantitative estimate of drug-likeness (QED) is 0.842. The van der Waals surface area contributed by atoms with Gasteiger partial charge in [-0.05, 0) is 25.0 Å². The van der Waals surface area contributed by atoms with Crippen LogP contribution in [0, 0.1) is 6.92 Å². The predicted octanol–water partition coefficient (Wildman–Crippen LogP) is 2.37. The van der Waals surface area contributed by atoms with Crippen LogP contribution in [0.5, 0.6) is 0 Å². The van der Waals surface area contributed by atoms with Gasteiger partial charge in [0.05, 0.1) is 5.69 Å². The van der Waals surface area contributed by atoms with Crippen molar-refractivity contribution in [1.29, 1.82) is 0 Å². The standard InChI is InChI=1S/C12H14ClN5O/c1-3-4-9-16-11(18-17-9)12(19)15-8-5-7(2)6-14-10(8)13/h5-6H,3-4H2,1-2H3,(H,15,19)(H,16,17,18). The highest BCUT2D eigenvalue weighted by atomic mass is 35.5. The molecule has 0 unspecified atom stereocenters. The van der Waals surface area contributed by atoms with Gasteiger partial charge in [0.25, 0.3) is 5.91 Å². The number of aromatic nitrogens is 4. The van der Waals surface area contributed by atoms with E-state index < -0.39 is 5.91 Å². The molecule has 19 heavy (non-hydrogen) atoms. The van der Waals surface area contributed by atoms with Gasteiger partial charge < -0.3 is 5.32 Å². The van der Waals surface area contributed by atoms with Gasteiger partial charge in [-0.3, -0.25) is 9.89 Å². The molecule has 100 valence electrons. The zero-order valence-electron chi connectivity index (χ0n) is 10.7. The highest BCUT2D eigenvalue weighted by Gasteiger charge is 2.14. The van der Waals surface area contributed by atoms with Gasteiger partial charge in [0.15, 0.2) is 5.15 Å². The third-order valence-corrected chi connectivity index (χ3v) is 2.75. The lowest BCUT2D eigenvalue weighted by atomic mass is 10.3. The van der Waals surface area contributed by atoms with Crippen molar-refractivity contribution < 1.29 is 4.79 Å². The summed E-state index contributed by atoms with van der Waals surface area (Å²) in [6.45, 7) is 3.89. The highest BCUT2D eigenvalue weighted by molar-refractivity contribution is 6.32. The molecule has 1 amide bonds. The fourth-order valence-corrected chi connectivity index (χ4v) is 1.71. The Morgan fingerprint density at radius 2 is 2.32 bits per heavy atom. The first-order valence-electron chi connectivity index (χ1n) is 5.95. The van der Waals surface area contributed by atoms with E-state index in [1.807, 2.05) is 13.8 Å². The number of anilines is 1. The first kappa shape index (κ1) is 13.5. The van der Waals surface area contributed by atoms with Crippen molar-refractivity contribution in [2.45, 2.75) is 26.7 Å². The van der Waals surface area contributed by atoms with Crippen molar-refractivity contribution in [1.82, 2.24) is 20.2 Å². The molecule has 2 heterocycles. The lowest BCUT2D eigenvalue weighted by molar-refractivity contribution is 0.101. The van der Waals surface area contributed by atoms with Gasteiger partial charge in [0.2, 0.25) is 5.82 Å². The van der Waals surface area contributed by atoms with Gasteiger partial charge in [-0.2, -0.15) is 0 Å². The largest absolute Gasteiger partial charge is 0.317 e. The van der Waals surface area contributed by atoms with Crippen molar-refractivity contribution in [3.05, 3.63) is 34.6 Å². The summed E-state index contributed by atoms with van der Waals surface area (Å²) in [5, 5.41) is 9.48. The molecule has 0 aliphatic rings. The van der Waals surface area contributed by atoms with Gasteiger partial charge in [-0.1, -0.05) is 18.5 Å². The van der Waals surface area contributed by atoms with Crippen LogP contribution >= 0.6 is 11.6 Å². The van der Waals surface area contributed by atoms with E-state index in [1.54, 1.807) is 12.3 Å². The summed E-state index contributed by atoms with van der Waals surface area (Å²) in [5.74, 6) is 0.384. The molecule has 6 nitrogen and oxygen atoms in total. The van der Waals surface area contributed by atoms with Crippen LogP contribution < -0.4 is 5.32 Å². The number of aromatic amines is 1. The number of carbonyl (C=O) groups excluding carboxylic acids is 1. The van der Waals surface area contributed by atoms with Crippen LogP contribution in [0.25, 0.3) is 0 Å². The number of pyridine rings is 1. The van der Waals surface area contributed by atoms with E-state index in [9.17, 15) is 4.79 Å². The van der Waals surface area contributed by atoms with Crippen molar-refractivity contribution in [3.8, 4) is 0 Å². The monoisotopic (exact) mass is 279 g/mol. The fraction of sp³-hybridized carbons (Fsp3) is 0.333. The molecule has 2 aromatic rings.